The Kier molecular flexibility index (Phi) is 11.1. The highest BCUT2D eigenvalue weighted by atomic mass is 35.5. The van der Waals surface area contributed by atoms with E-state index in [0.717, 1.165) is 27.6 Å². The zero-order valence-electron chi connectivity index (χ0n) is 24.6. The SMILES string of the molecule is CCCNC(=O)C(Cc1ccccc1)N(Cc1ccccc1Cl)C(=O)CN(c1ccc(F)cc1)S(=O)(=O)c1ccc(C)cc1. The average molecular weight is 636 g/mol. The predicted octanol–water partition coefficient (Wildman–Crippen LogP) is 6.15. The van der Waals surface area contributed by atoms with Crippen LogP contribution in [0.1, 0.15) is 30.0 Å². The summed E-state index contributed by atoms with van der Waals surface area (Å²) in [6.45, 7) is 3.48. The van der Waals surface area contributed by atoms with E-state index in [1.54, 1.807) is 36.4 Å². The first kappa shape index (κ1) is 32.7. The summed E-state index contributed by atoms with van der Waals surface area (Å²) in [5.74, 6) is -1.55. The van der Waals surface area contributed by atoms with Gasteiger partial charge in [-0.05, 0) is 66.9 Å². The summed E-state index contributed by atoms with van der Waals surface area (Å²) in [7, 11) is -4.28. The molecule has 0 aromatic heterocycles. The van der Waals surface area contributed by atoms with E-state index in [4.69, 9.17) is 11.6 Å². The molecule has 7 nitrogen and oxygen atoms in total. The van der Waals surface area contributed by atoms with Crippen LogP contribution in [0.4, 0.5) is 10.1 Å². The maximum Gasteiger partial charge on any atom is 0.264 e. The van der Waals surface area contributed by atoms with Crippen molar-refractivity contribution in [1.82, 2.24) is 10.2 Å². The highest BCUT2D eigenvalue weighted by molar-refractivity contribution is 7.92. The second-order valence-electron chi connectivity index (χ2n) is 10.4. The van der Waals surface area contributed by atoms with Crippen molar-refractivity contribution < 1.29 is 22.4 Å². The van der Waals surface area contributed by atoms with Gasteiger partial charge in [0, 0.05) is 24.5 Å². The van der Waals surface area contributed by atoms with Crippen LogP contribution in [0.25, 0.3) is 0 Å². The van der Waals surface area contributed by atoms with Gasteiger partial charge in [-0.3, -0.25) is 13.9 Å². The Morgan fingerprint density at radius 3 is 2.16 bits per heavy atom. The molecule has 1 N–H and O–H groups in total. The van der Waals surface area contributed by atoms with E-state index in [2.05, 4.69) is 5.32 Å². The van der Waals surface area contributed by atoms with Crippen molar-refractivity contribution in [2.24, 2.45) is 0 Å². The molecule has 0 aliphatic heterocycles. The number of nitrogens with one attached hydrogen (secondary N) is 1. The molecule has 1 unspecified atom stereocenters. The van der Waals surface area contributed by atoms with E-state index in [1.165, 1.54) is 29.2 Å². The van der Waals surface area contributed by atoms with E-state index in [0.29, 0.717) is 23.6 Å². The Morgan fingerprint density at radius 2 is 1.52 bits per heavy atom. The number of carbonyl (C=O) groups is 2. The van der Waals surface area contributed by atoms with Gasteiger partial charge in [0.15, 0.2) is 0 Å². The topological polar surface area (TPSA) is 86.8 Å². The molecular formula is C34H35ClFN3O4S. The number of hydrogen-bond donors (Lipinski definition) is 1. The van der Waals surface area contributed by atoms with Crippen LogP contribution in [0.3, 0.4) is 0 Å². The highest BCUT2D eigenvalue weighted by Crippen LogP contribution is 2.26. The molecule has 1 atom stereocenters. The summed E-state index contributed by atoms with van der Waals surface area (Å²) in [6.07, 6.45) is 0.878. The van der Waals surface area contributed by atoms with Crippen LogP contribution in [-0.4, -0.2) is 44.3 Å². The first-order valence-corrected chi connectivity index (χ1v) is 16.1. The number of aryl methyl sites for hydroxylation is 1. The second kappa shape index (κ2) is 15.0. The second-order valence-corrected chi connectivity index (χ2v) is 12.7. The van der Waals surface area contributed by atoms with Gasteiger partial charge >= 0.3 is 0 Å². The van der Waals surface area contributed by atoms with Crippen LogP contribution >= 0.6 is 11.6 Å². The Labute approximate surface area is 263 Å². The van der Waals surface area contributed by atoms with Crippen molar-refractivity contribution in [3.63, 3.8) is 0 Å². The highest BCUT2D eigenvalue weighted by Gasteiger charge is 2.34. The third-order valence-corrected chi connectivity index (χ3v) is 9.28. The minimum Gasteiger partial charge on any atom is -0.354 e. The van der Waals surface area contributed by atoms with E-state index in [-0.39, 0.29) is 29.5 Å². The van der Waals surface area contributed by atoms with Crippen LogP contribution < -0.4 is 9.62 Å². The van der Waals surface area contributed by atoms with E-state index in [9.17, 15) is 22.4 Å². The zero-order valence-corrected chi connectivity index (χ0v) is 26.2. The Morgan fingerprint density at radius 1 is 0.886 bits per heavy atom. The first-order chi connectivity index (χ1) is 21.1. The molecule has 0 fully saturated rings. The van der Waals surface area contributed by atoms with Crippen molar-refractivity contribution in [3.8, 4) is 0 Å². The van der Waals surface area contributed by atoms with E-state index >= 15 is 0 Å². The lowest BCUT2D eigenvalue weighted by Crippen LogP contribution is -2.53. The van der Waals surface area contributed by atoms with Gasteiger partial charge < -0.3 is 10.2 Å². The van der Waals surface area contributed by atoms with Crippen molar-refractivity contribution in [3.05, 3.63) is 131 Å². The summed E-state index contributed by atoms with van der Waals surface area (Å²) < 4.78 is 42.8. The van der Waals surface area contributed by atoms with E-state index in [1.807, 2.05) is 44.2 Å². The normalized spacial score (nSPS) is 11.9. The van der Waals surface area contributed by atoms with Gasteiger partial charge in [0.1, 0.15) is 18.4 Å². The monoisotopic (exact) mass is 635 g/mol. The van der Waals surface area contributed by atoms with Gasteiger partial charge in [-0.2, -0.15) is 0 Å². The summed E-state index contributed by atoms with van der Waals surface area (Å²) in [5.41, 5.74) is 2.39. The molecule has 230 valence electrons. The molecule has 4 rings (SSSR count). The number of carbonyl (C=O) groups excluding carboxylic acids is 2. The summed E-state index contributed by atoms with van der Waals surface area (Å²) in [5, 5.41) is 3.30. The molecular weight excluding hydrogens is 601 g/mol. The Balaban J connectivity index is 1.80. The number of benzene rings is 4. The molecule has 0 heterocycles. The van der Waals surface area contributed by atoms with E-state index < -0.39 is 34.3 Å². The molecule has 0 spiro atoms. The van der Waals surface area contributed by atoms with Gasteiger partial charge in [0.25, 0.3) is 10.0 Å². The fraction of sp³-hybridized carbons (Fsp3) is 0.235. The molecule has 0 aliphatic carbocycles. The van der Waals surface area contributed by atoms with Gasteiger partial charge in [-0.1, -0.05) is 84.8 Å². The van der Waals surface area contributed by atoms with Gasteiger partial charge in [0.05, 0.1) is 10.6 Å². The average Bonchev–Trinajstić information content (AvgIpc) is 3.02. The molecule has 10 heteroatoms. The predicted molar refractivity (Wildman–Crippen MR) is 171 cm³/mol. The third-order valence-electron chi connectivity index (χ3n) is 7.12. The number of hydrogen-bond acceptors (Lipinski definition) is 4. The fourth-order valence-electron chi connectivity index (χ4n) is 4.70. The maximum absolute atomic E-state index is 14.4. The molecule has 0 radical (unpaired) electrons. The molecule has 0 aliphatic rings. The molecule has 2 amide bonds. The lowest BCUT2D eigenvalue weighted by Gasteiger charge is -2.34. The summed E-state index contributed by atoms with van der Waals surface area (Å²) in [4.78, 5) is 29.4. The standard InChI is InChI=1S/C34H35ClFN3O4S/c1-3-21-37-34(41)32(22-26-9-5-4-6-10-26)38(23-27-11-7-8-12-31(27)35)33(40)24-39(29-17-15-28(36)16-18-29)44(42,43)30-19-13-25(2)14-20-30/h4-20,32H,3,21-24H2,1-2H3,(H,37,41). The van der Waals surface area contributed by atoms with Gasteiger partial charge in [0.2, 0.25) is 11.8 Å². The number of sulfonamides is 1. The molecule has 0 saturated heterocycles. The number of rotatable bonds is 13. The van der Waals surface area contributed by atoms with Crippen LogP contribution in [0.5, 0.6) is 0 Å². The number of anilines is 1. The summed E-state index contributed by atoms with van der Waals surface area (Å²) in [6, 6.07) is 26.4. The van der Waals surface area contributed by atoms with Crippen molar-refractivity contribution in [1.29, 1.82) is 0 Å². The van der Waals surface area contributed by atoms with Crippen LogP contribution in [0, 0.1) is 12.7 Å². The maximum atomic E-state index is 14.4. The zero-order chi connectivity index (χ0) is 31.7. The van der Waals surface area contributed by atoms with Crippen LogP contribution in [-0.2, 0) is 32.6 Å². The Bertz CT molecular complexity index is 1670. The summed E-state index contributed by atoms with van der Waals surface area (Å²) >= 11 is 6.50. The smallest absolute Gasteiger partial charge is 0.264 e. The van der Waals surface area contributed by atoms with Crippen molar-refractivity contribution >= 4 is 39.1 Å². The molecule has 0 bridgehead atoms. The van der Waals surface area contributed by atoms with Gasteiger partial charge in [-0.25, -0.2) is 12.8 Å². The quantitative estimate of drug-likeness (QED) is 0.191. The Hall–Kier alpha value is -4.21. The molecule has 4 aromatic carbocycles. The first-order valence-electron chi connectivity index (χ1n) is 14.3. The third kappa shape index (κ3) is 8.24. The molecule has 0 saturated carbocycles. The van der Waals surface area contributed by atoms with Crippen LogP contribution in [0.2, 0.25) is 5.02 Å². The minimum atomic E-state index is -4.28. The number of amides is 2. The van der Waals surface area contributed by atoms with Crippen molar-refractivity contribution in [2.45, 2.75) is 44.2 Å². The number of nitrogens with zero attached hydrogens (tertiary/aromatic N) is 2. The van der Waals surface area contributed by atoms with Crippen molar-refractivity contribution in [2.75, 3.05) is 17.4 Å². The van der Waals surface area contributed by atoms with Crippen LogP contribution in [0.15, 0.2) is 108 Å². The molecule has 44 heavy (non-hydrogen) atoms. The largest absolute Gasteiger partial charge is 0.354 e. The minimum absolute atomic E-state index is 0.0283. The molecule has 4 aromatic rings. The number of halogens is 2. The fourth-order valence-corrected chi connectivity index (χ4v) is 6.31. The van der Waals surface area contributed by atoms with Gasteiger partial charge in [-0.15, -0.1) is 0 Å². The lowest BCUT2D eigenvalue weighted by molar-refractivity contribution is -0.140. The lowest BCUT2D eigenvalue weighted by atomic mass is 10.0.